The van der Waals surface area contributed by atoms with Crippen LogP contribution < -0.4 is 21.3 Å². The van der Waals surface area contributed by atoms with Crippen molar-refractivity contribution in [3.63, 3.8) is 0 Å². The SMILES string of the molecule is C=CCNCCOCCOCC(COCCOCCNCC=C)(COCCOCCNCC=C)COCCOCCNC(=O)C=C. The Kier molecular flexibility index (Phi) is 34.3. The van der Waals surface area contributed by atoms with Gasteiger partial charge in [0.25, 0.3) is 0 Å². The molecule has 0 saturated carbocycles. The van der Waals surface area contributed by atoms with Gasteiger partial charge < -0.3 is 59.2 Å². The van der Waals surface area contributed by atoms with Crippen LogP contribution in [0.4, 0.5) is 0 Å². The van der Waals surface area contributed by atoms with Gasteiger partial charge in [-0.2, -0.15) is 0 Å². The first kappa shape index (κ1) is 44.0. The van der Waals surface area contributed by atoms with E-state index in [2.05, 4.69) is 47.6 Å². The number of carbonyl (C=O) groups is 1. The van der Waals surface area contributed by atoms with Crippen LogP contribution in [0.5, 0.6) is 0 Å². The Morgan fingerprint density at radius 1 is 0.457 bits per heavy atom. The summed E-state index contributed by atoms with van der Waals surface area (Å²) in [5.41, 5.74) is -0.583. The molecule has 0 aliphatic carbocycles. The standard InChI is InChI=1S/C33H62N4O9/c1-5-9-34-12-16-39-20-24-43-28-33(29-44-25-21-40-17-13-35-10-6-2,30-45-26-22-41-18-14-36-11-7-3)31-46-27-23-42-19-15-37-32(38)8-4/h5-8,34-36H,1-4,9-31H2,(H,37,38). The molecule has 13 heteroatoms. The fraction of sp³-hybridized carbons (Fsp3) is 0.727. The lowest BCUT2D eigenvalue weighted by Crippen LogP contribution is -2.43. The van der Waals surface area contributed by atoms with Gasteiger partial charge in [-0.05, 0) is 6.08 Å². The Morgan fingerprint density at radius 2 is 0.761 bits per heavy atom. The van der Waals surface area contributed by atoms with Crippen molar-refractivity contribution in [2.45, 2.75) is 0 Å². The van der Waals surface area contributed by atoms with Gasteiger partial charge in [0.1, 0.15) is 0 Å². The van der Waals surface area contributed by atoms with Gasteiger partial charge in [-0.25, -0.2) is 0 Å². The summed E-state index contributed by atoms with van der Waals surface area (Å²) < 4.78 is 46.8. The molecule has 0 heterocycles. The summed E-state index contributed by atoms with van der Waals surface area (Å²) in [6, 6.07) is 0. The van der Waals surface area contributed by atoms with E-state index in [0.717, 1.165) is 39.3 Å². The normalized spacial score (nSPS) is 11.4. The van der Waals surface area contributed by atoms with E-state index in [1.165, 1.54) is 6.08 Å². The molecular formula is C33H62N4O9. The van der Waals surface area contributed by atoms with Crippen molar-refractivity contribution in [1.29, 1.82) is 0 Å². The molecule has 0 atom stereocenters. The van der Waals surface area contributed by atoms with Crippen LogP contribution in [0, 0.1) is 5.41 Å². The lowest BCUT2D eigenvalue weighted by Gasteiger charge is -2.33. The quantitative estimate of drug-likeness (QED) is 0.0421. The number of ether oxygens (including phenoxy) is 8. The highest BCUT2D eigenvalue weighted by Gasteiger charge is 2.32. The van der Waals surface area contributed by atoms with Crippen LogP contribution in [0.3, 0.4) is 0 Å². The molecule has 0 aromatic carbocycles. The first-order valence-corrected chi connectivity index (χ1v) is 16.1. The van der Waals surface area contributed by atoms with E-state index in [1.807, 2.05) is 18.2 Å². The van der Waals surface area contributed by atoms with E-state index >= 15 is 0 Å². The lowest BCUT2D eigenvalue weighted by atomic mass is 9.92. The van der Waals surface area contributed by atoms with Crippen molar-refractivity contribution in [3.05, 3.63) is 50.6 Å². The van der Waals surface area contributed by atoms with Gasteiger partial charge in [-0.1, -0.05) is 24.8 Å². The van der Waals surface area contributed by atoms with Gasteiger partial charge in [-0.3, -0.25) is 4.79 Å². The molecule has 0 saturated heterocycles. The van der Waals surface area contributed by atoms with Crippen LogP contribution in [0.25, 0.3) is 0 Å². The second-order valence-corrected chi connectivity index (χ2v) is 10.1. The van der Waals surface area contributed by atoms with E-state index in [9.17, 15) is 4.79 Å². The van der Waals surface area contributed by atoms with Crippen LogP contribution in [-0.4, -0.2) is 157 Å². The Morgan fingerprint density at radius 3 is 1.07 bits per heavy atom. The zero-order chi connectivity index (χ0) is 33.7. The largest absolute Gasteiger partial charge is 0.378 e. The summed E-state index contributed by atoms with van der Waals surface area (Å²) in [4.78, 5) is 11.3. The molecule has 0 fully saturated rings. The van der Waals surface area contributed by atoms with Crippen molar-refractivity contribution < 1.29 is 42.7 Å². The smallest absolute Gasteiger partial charge is 0.243 e. The number of rotatable bonds is 39. The fourth-order valence-electron chi connectivity index (χ4n) is 3.65. The maximum Gasteiger partial charge on any atom is 0.243 e. The monoisotopic (exact) mass is 658 g/mol. The van der Waals surface area contributed by atoms with Crippen LogP contribution in [0.2, 0.25) is 0 Å². The molecule has 0 unspecified atom stereocenters. The molecule has 0 spiro atoms. The van der Waals surface area contributed by atoms with Crippen LogP contribution in [0.15, 0.2) is 50.6 Å². The zero-order valence-corrected chi connectivity index (χ0v) is 28.1. The first-order valence-electron chi connectivity index (χ1n) is 16.1. The Labute approximate surface area is 277 Å². The van der Waals surface area contributed by atoms with Crippen molar-refractivity contribution in [2.24, 2.45) is 5.41 Å². The molecule has 4 N–H and O–H groups in total. The second-order valence-electron chi connectivity index (χ2n) is 10.1. The van der Waals surface area contributed by atoms with E-state index in [4.69, 9.17) is 37.9 Å². The van der Waals surface area contributed by atoms with E-state index in [-0.39, 0.29) is 5.91 Å². The third-order valence-electron chi connectivity index (χ3n) is 5.99. The minimum atomic E-state index is -0.583. The molecule has 0 radical (unpaired) electrons. The maximum atomic E-state index is 11.3. The maximum absolute atomic E-state index is 11.3. The predicted molar refractivity (Wildman–Crippen MR) is 181 cm³/mol. The summed E-state index contributed by atoms with van der Waals surface area (Å²) >= 11 is 0. The van der Waals surface area contributed by atoms with Crippen LogP contribution >= 0.6 is 0 Å². The third-order valence-corrected chi connectivity index (χ3v) is 5.99. The Balaban J connectivity index is 4.92. The van der Waals surface area contributed by atoms with E-state index < -0.39 is 5.41 Å². The molecule has 0 bridgehead atoms. The zero-order valence-electron chi connectivity index (χ0n) is 28.1. The molecule has 0 aromatic heterocycles. The average molecular weight is 659 g/mol. The van der Waals surface area contributed by atoms with Gasteiger partial charge in [0.05, 0.1) is 111 Å². The van der Waals surface area contributed by atoms with Gasteiger partial charge in [0, 0.05) is 45.8 Å². The van der Waals surface area contributed by atoms with Crippen molar-refractivity contribution in [3.8, 4) is 0 Å². The van der Waals surface area contributed by atoms with Crippen LogP contribution in [0.1, 0.15) is 0 Å². The summed E-state index contributed by atoms with van der Waals surface area (Å²) in [6.45, 7) is 26.2. The van der Waals surface area contributed by atoms with Crippen molar-refractivity contribution in [1.82, 2.24) is 21.3 Å². The molecule has 0 aliphatic rings. The second kappa shape index (κ2) is 35.8. The van der Waals surface area contributed by atoms with Gasteiger partial charge >= 0.3 is 0 Å². The van der Waals surface area contributed by atoms with Crippen molar-refractivity contribution in [2.75, 3.05) is 152 Å². The molecule has 0 aliphatic heterocycles. The van der Waals surface area contributed by atoms with E-state index in [1.54, 1.807) is 0 Å². The highest BCUT2D eigenvalue weighted by Crippen LogP contribution is 2.21. The van der Waals surface area contributed by atoms with E-state index in [0.29, 0.717) is 112 Å². The summed E-state index contributed by atoms with van der Waals surface area (Å²) in [5.74, 6) is -0.232. The van der Waals surface area contributed by atoms with Gasteiger partial charge in [-0.15, -0.1) is 19.7 Å². The van der Waals surface area contributed by atoms with Crippen molar-refractivity contribution >= 4 is 5.91 Å². The summed E-state index contributed by atoms with van der Waals surface area (Å²) in [7, 11) is 0. The Hall–Kier alpha value is -2.01. The fourth-order valence-corrected chi connectivity index (χ4v) is 3.65. The lowest BCUT2D eigenvalue weighted by molar-refractivity contribution is -0.121. The topological polar surface area (TPSA) is 139 Å². The summed E-state index contributed by atoms with van der Waals surface area (Å²) in [6.07, 6.45) is 6.66. The molecule has 268 valence electrons. The number of hydrogen-bond acceptors (Lipinski definition) is 12. The van der Waals surface area contributed by atoms with Gasteiger partial charge in [0.15, 0.2) is 0 Å². The first-order chi connectivity index (χ1) is 22.6. The predicted octanol–water partition coefficient (Wildman–Crippen LogP) is 0.735. The molecule has 1 amide bonds. The molecule has 0 aromatic rings. The molecule has 13 nitrogen and oxygen atoms in total. The minimum absolute atomic E-state index is 0.232. The molecular weight excluding hydrogens is 596 g/mol. The highest BCUT2D eigenvalue weighted by molar-refractivity contribution is 5.86. The summed E-state index contributed by atoms with van der Waals surface area (Å²) in [5, 5.41) is 12.3. The minimum Gasteiger partial charge on any atom is -0.378 e. The number of hydrogen-bond donors (Lipinski definition) is 4. The molecule has 0 rings (SSSR count). The number of carbonyl (C=O) groups excluding carboxylic acids is 1. The van der Waals surface area contributed by atoms with Crippen LogP contribution in [-0.2, 0) is 42.7 Å². The molecule has 46 heavy (non-hydrogen) atoms. The third kappa shape index (κ3) is 30.6. The number of amides is 1. The number of nitrogens with one attached hydrogen (secondary N) is 4. The van der Waals surface area contributed by atoms with Gasteiger partial charge in [0.2, 0.25) is 5.91 Å². The Bertz CT molecular complexity index is 667. The highest BCUT2D eigenvalue weighted by atomic mass is 16.6. The average Bonchev–Trinajstić information content (AvgIpc) is 3.07.